The van der Waals surface area contributed by atoms with Crippen LogP contribution in [0.1, 0.15) is 28.1 Å². The van der Waals surface area contributed by atoms with E-state index in [2.05, 4.69) is 16.4 Å². The number of aromatic nitrogens is 3. The maximum atomic E-state index is 12.6. The van der Waals surface area contributed by atoms with Crippen molar-refractivity contribution in [3.05, 3.63) is 52.1 Å². The Hall–Kier alpha value is -2.71. The number of thiophene rings is 1. The first kappa shape index (κ1) is 19.6. The lowest BCUT2D eigenvalue weighted by Crippen LogP contribution is -2.35. The van der Waals surface area contributed by atoms with E-state index in [1.165, 1.54) is 7.11 Å². The predicted octanol–water partition coefficient (Wildman–Crippen LogP) is 3.64. The molecule has 4 rings (SSSR count). The van der Waals surface area contributed by atoms with Crippen LogP contribution in [0.3, 0.4) is 0 Å². The molecule has 2 aromatic heterocycles. The first-order valence-electron chi connectivity index (χ1n) is 9.18. The van der Waals surface area contributed by atoms with Gasteiger partial charge in [0.15, 0.2) is 0 Å². The minimum atomic E-state index is -0.414. The molecular formula is C20H19ClN4O3S. The number of aryl methyl sites for hydroxylation is 1. The second-order valence-corrected chi connectivity index (χ2v) is 8.19. The third kappa shape index (κ3) is 4.18. The standard InChI is InChI=1S/C20H19ClN4O3S/c1-28-20(27)15-9-14-11-17(29-19(14)16(21)10-15)13-3-2-6-24(12-13)18(26)4-7-25-8-5-22-23-25/h3,5,8-11H,2,4,6-7,12H2,1H3. The fourth-order valence-corrected chi connectivity index (χ4v) is 4.78. The number of amides is 1. The van der Waals surface area contributed by atoms with Gasteiger partial charge < -0.3 is 9.64 Å². The molecular weight excluding hydrogens is 412 g/mol. The Kier molecular flexibility index (Phi) is 5.64. The number of ether oxygens (including phenoxy) is 1. The number of carbonyl (C=O) groups excluding carboxylic acids is 2. The number of benzene rings is 1. The fraction of sp³-hybridized carbons (Fsp3) is 0.300. The highest BCUT2D eigenvalue weighted by atomic mass is 35.5. The van der Waals surface area contributed by atoms with Gasteiger partial charge >= 0.3 is 5.97 Å². The molecule has 0 saturated heterocycles. The molecule has 1 aliphatic rings. The molecule has 1 amide bonds. The second kappa shape index (κ2) is 8.34. The molecule has 1 aromatic carbocycles. The van der Waals surface area contributed by atoms with E-state index in [-0.39, 0.29) is 5.91 Å². The molecule has 7 nitrogen and oxygen atoms in total. The zero-order chi connectivity index (χ0) is 20.4. The Morgan fingerprint density at radius 2 is 2.17 bits per heavy atom. The van der Waals surface area contributed by atoms with Gasteiger partial charge in [0, 0.05) is 30.6 Å². The monoisotopic (exact) mass is 430 g/mol. The summed E-state index contributed by atoms with van der Waals surface area (Å²) in [6.45, 7) is 1.78. The van der Waals surface area contributed by atoms with Crippen LogP contribution in [-0.2, 0) is 16.1 Å². The van der Waals surface area contributed by atoms with E-state index in [9.17, 15) is 9.59 Å². The van der Waals surface area contributed by atoms with E-state index < -0.39 is 5.97 Å². The van der Waals surface area contributed by atoms with Crippen molar-refractivity contribution in [3.63, 3.8) is 0 Å². The zero-order valence-corrected chi connectivity index (χ0v) is 17.4. The van der Waals surface area contributed by atoms with Gasteiger partial charge in [0.2, 0.25) is 5.91 Å². The average molecular weight is 431 g/mol. The normalized spacial score (nSPS) is 14.1. The molecule has 1 aliphatic heterocycles. The van der Waals surface area contributed by atoms with Gasteiger partial charge in [-0.1, -0.05) is 22.9 Å². The number of fused-ring (bicyclic) bond motifs is 1. The first-order chi connectivity index (χ1) is 14.0. The average Bonchev–Trinajstić information content (AvgIpc) is 3.41. The summed E-state index contributed by atoms with van der Waals surface area (Å²) >= 11 is 7.96. The van der Waals surface area contributed by atoms with Crippen LogP contribution in [0.4, 0.5) is 0 Å². The number of nitrogens with zero attached hydrogens (tertiary/aromatic N) is 4. The van der Waals surface area contributed by atoms with E-state index in [0.717, 1.165) is 27.0 Å². The number of methoxy groups -OCH3 is 1. The van der Waals surface area contributed by atoms with Crippen LogP contribution in [-0.4, -0.2) is 52.0 Å². The SMILES string of the molecule is COC(=O)c1cc(Cl)c2sc(C3=CCCN(C(=O)CCn4ccnn4)C3)cc2c1. The highest BCUT2D eigenvalue weighted by Gasteiger charge is 2.21. The Morgan fingerprint density at radius 1 is 1.31 bits per heavy atom. The zero-order valence-electron chi connectivity index (χ0n) is 15.8. The van der Waals surface area contributed by atoms with E-state index in [0.29, 0.717) is 36.6 Å². The number of hydrogen-bond donors (Lipinski definition) is 0. The van der Waals surface area contributed by atoms with Crippen molar-refractivity contribution in [2.45, 2.75) is 19.4 Å². The van der Waals surface area contributed by atoms with Crippen LogP contribution < -0.4 is 0 Å². The highest BCUT2D eigenvalue weighted by molar-refractivity contribution is 7.20. The molecule has 9 heteroatoms. The third-order valence-electron chi connectivity index (χ3n) is 4.84. The summed E-state index contributed by atoms with van der Waals surface area (Å²) in [4.78, 5) is 27.4. The van der Waals surface area contributed by atoms with Gasteiger partial charge in [0.25, 0.3) is 0 Å². The maximum absolute atomic E-state index is 12.6. The quantitative estimate of drug-likeness (QED) is 0.577. The minimum absolute atomic E-state index is 0.0956. The van der Waals surface area contributed by atoms with E-state index >= 15 is 0 Å². The van der Waals surface area contributed by atoms with Crippen molar-refractivity contribution in [1.29, 1.82) is 0 Å². The van der Waals surface area contributed by atoms with Crippen LogP contribution in [0.5, 0.6) is 0 Å². The fourth-order valence-electron chi connectivity index (χ4n) is 3.36. The van der Waals surface area contributed by atoms with Crippen molar-refractivity contribution >= 4 is 50.5 Å². The van der Waals surface area contributed by atoms with Gasteiger partial charge in [-0.25, -0.2) is 4.79 Å². The van der Waals surface area contributed by atoms with Crippen LogP contribution in [0, 0.1) is 0 Å². The minimum Gasteiger partial charge on any atom is -0.465 e. The Labute approximate surface area is 176 Å². The van der Waals surface area contributed by atoms with Gasteiger partial charge in [0.1, 0.15) is 0 Å². The molecule has 0 spiro atoms. The summed E-state index contributed by atoms with van der Waals surface area (Å²) in [5.41, 5.74) is 1.53. The molecule has 0 saturated carbocycles. The lowest BCUT2D eigenvalue weighted by molar-refractivity contribution is -0.131. The smallest absolute Gasteiger partial charge is 0.337 e. The van der Waals surface area contributed by atoms with Gasteiger partial charge in [-0.2, -0.15) is 0 Å². The number of rotatable bonds is 5. The predicted molar refractivity (Wildman–Crippen MR) is 112 cm³/mol. The maximum Gasteiger partial charge on any atom is 0.337 e. The Balaban J connectivity index is 1.51. The Morgan fingerprint density at radius 3 is 2.93 bits per heavy atom. The number of hydrogen-bond acceptors (Lipinski definition) is 6. The second-order valence-electron chi connectivity index (χ2n) is 6.73. The molecule has 29 heavy (non-hydrogen) atoms. The van der Waals surface area contributed by atoms with Crippen molar-refractivity contribution in [3.8, 4) is 0 Å². The van der Waals surface area contributed by atoms with Gasteiger partial charge in [-0.3, -0.25) is 9.48 Å². The first-order valence-corrected chi connectivity index (χ1v) is 10.4. The summed E-state index contributed by atoms with van der Waals surface area (Å²) in [6, 6.07) is 5.44. The molecule has 3 heterocycles. The Bertz CT molecular complexity index is 1090. The van der Waals surface area contributed by atoms with E-state index in [1.807, 2.05) is 11.0 Å². The van der Waals surface area contributed by atoms with Crippen molar-refractivity contribution in [2.75, 3.05) is 20.2 Å². The van der Waals surface area contributed by atoms with Gasteiger partial charge in [-0.05, 0) is 35.6 Å². The van der Waals surface area contributed by atoms with Crippen molar-refractivity contribution in [2.24, 2.45) is 0 Å². The molecule has 0 radical (unpaired) electrons. The van der Waals surface area contributed by atoms with E-state index in [4.69, 9.17) is 16.3 Å². The van der Waals surface area contributed by atoms with Crippen LogP contribution in [0.15, 0.2) is 36.7 Å². The summed E-state index contributed by atoms with van der Waals surface area (Å²) < 4.78 is 7.37. The summed E-state index contributed by atoms with van der Waals surface area (Å²) in [7, 11) is 1.35. The topological polar surface area (TPSA) is 77.3 Å². The molecule has 0 unspecified atom stereocenters. The van der Waals surface area contributed by atoms with Gasteiger partial charge in [0.05, 0.1) is 35.1 Å². The summed E-state index contributed by atoms with van der Waals surface area (Å²) in [6.07, 6.45) is 6.71. The molecule has 0 N–H and O–H groups in total. The molecule has 0 bridgehead atoms. The number of halogens is 1. The molecule has 0 atom stereocenters. The van der Waals surface area contributed by atoms with Crippen molar-refractivity contribution < 1.29 is 14.3 Å². The largest absolute Gasteiger partial charge is 0.465 e. The number of carbonyl (C=O) groups is 2. The molecule has 0 aliphatic carbocycles. The van der Waals surface area contributed by atoms with Crippen molar-refractivity contribution in [1.82, 2.24) is 19.9 Å². The van der Waals surface area contributed by atoms with Crippen LogP contribution in [0.25, 0.3) is 15.7 Å². The number of esters is 1. The summed E-state index contributed by atoms with van der Waals surface area (Å²) in [5, 5.41) is 9.07. The lowest BCUT2D eigenvalue weighted by atomic mass is 10.1. The molecule has 3 aromatic rings. The highest BCUT2D eigenvalue weighted by Crippen LogP contribution is 2.37. The van der Waals surface area contributed by atoms with Crippen LogP contribution in [0.2, 0.25) is 5.02 Å². The van der Waals surface area contributed by atoms with Crippen LogP contribution >= 0.6 is 22.9 Å². The third-order valence-corrected chi connectivity index (χ3v) is 6.51. The van der Waals surface area contributed by atoms with E-state index in [1.54, 1.807) is 40.5 Å². The molecule has 150 valence electrons. The lowest BCUT2D eigenvalue weighted by Gasteiger charge is -2.27. The molecule has 0 fully saturated rings. The van der Waals surface area contributed by atoms with Gasteiger partial charge in [-0.15, -0.1) is 16.4 Å². The summed E-state index contributed by atoms with van der Waals surface area (Å²) in [5.74, 6) is -0.319.